The van der Waals surface area contributed by atoms with Crippen molar-refractivity contribution in [2.45, 2.75) is 38.4 Å². The number of aliphatic hydroxyl groups excluding tert-OH is 2. The lowest BCUT2D eigenvalue weighted by Crippen LogP contribution is -2.29. The molecule has 0 aliphatic rings. The highest BCUT2D eigenvalue weighted by Gasteiger charge is 2.05. The van der Waals surface area contributed by atoms with Crippen molar-refractivity contribution in [2.24, 2.45) is 0 Å². The summed E-state index contributed by atoms with van der Waals surface area (Å²) < 4.78 is 0. The fraction of sp³-hybridized carbons (Fsp3) is 1.00. The standard InChI is InChI=1S/C11H26N2O2/c1-10(14)5-6-11(15)9-12-7-4-8-13(2)3/h10-12,14-15H,4-9H2,1-3H3. The Morgan fingerprint density at radius 3 is 2.40 bits per heavy atom. The normalized spacial score (nSPS) is 15.6. The summed E-state index contributed by atoms with van der Waals surface area (Å²) in [7, 11) is 4.11. The topological polar surface area (TPSA) is 55.7 Å². The van der Waals surface area contributed by atoms with Crippen LogP contribution in [-0.4, -0.2) is 61.1 Å². The molecule has 0 spiro atoms. The first-order valence-corrected chi connectivity index (χ1v) is 5.74. The zero-order valence-corrected chi connectivity index (χ0v) is 10.2. The van der Waals surface area contributed by atoms with E-state index in [1.165, 1.54) is 0 Å². The third kappa shape index (κ3) is 11.8. The summed E-state index contributed by atoms with van der Waals surface area (Å²) in [5.74, 6) is 0. The predicted molar refractivity (Wildman–Crippen MR) is 63.0 cm³/mol. The quantitative estimate of drug-likeness (QED) is 0.479. The summed E-state index contributed by atoms with van der Waals surface area (Å²) >= 11 is 0. The molecule has 0 rings (SSSR count). The molecular formula is C11H26N2O2. The van der Waals surface area contributed by atoms with Gasteiger partial charge in [0.1, 0.15) is 0 Å². The predicted octanol–water partition coefficient (Wildman–Crippen LogP) is 0.0496. The molecular weight excluding hydrogens is 192 g/mol. The van der Waals surface area contributed by atoms with Gasteiger partial charge in [-0.05, 0) is 53.4 Å². The maximum atomic E-state index is 9.52. The summed E-state index contributed by atoms with van der Waals surface area (Å²) in [6.07, 6.45) is 1.78. The Labute approximate surface area is 93.3 Å². The molecule has 0 aliphatic carbocycles. The Bertz CT molecular complexity index is 141. The Kier molecular flexibility index (Phi) is 9.00. The summed E-state index contributed by atoms with van der Waals surface area (Å²) in [6, 6.07) is 0. The summed E-state index contributed by atoms with van der Waals surface area (Å²) in [4.78, 5) is 2.14. The second-order valence-electron chi connectivity index (χ2n) is 4.44. The van der Waals surface area contributed by atoms with Crippen LogP contribution in [0, 0.1) is 0 Å². The lowest BCUT2D eigenvalue weighted by Gasteiger charge is -2.13. The van der Waals surface area contributed by atoms with Crippen LogP contribution < -0.4 is 5.32 Å². The Balaban J connectivity index is 3.20. The van der Waals surface area contributed by atoms with E-state index in [9.17, 15) is 5.11 Å². The van der Waals surface area contributed by atoms with E-state index in [-0.39, 0.29) is 12.2 Å². The second-order valence-corrected chi connectivity index (χ2v) is 4.44. The van der Waals surface area contributed by atoms with E-state index < -0.39 is 0 Å². The fourth-order valence-electron chi connectivity index (χ4n) is 1.32. The minimum absolute atomic E-state index is 0.312. The van der Waals surface area contributed by atoms with Crippen LogP contribution in [0.5, 0.6) is 0 Å². The monoisotopic (exact) mass is 218 g/mol. The van der Waals surface area contributed by atoms with Gasteiger partial charge in [0, 0.05) is 6.54 Å². The molecule has 2 atom stereocenters. The molecule has 0 aromatic heterocycles. The minimum Gasteiger partial charge on any atom is -0.393 e. The van der Waals surface area contributed by atoms with E-state index in [1.807, 2.05) is 0 Å². The maximum Gasteiger partial charge on any atom is 0.0665 e. The highest BCUT2D eigenvalue weighted by molar-refractivity contribution is 4.62. The molecule has 0 aromatic carbocycles. The third-order valence-corrected chi connectivity index (χ3v) is 2.26. The van der Waals surface area contributed by atoms with E-state index in [0.717, 1.165) is 19.5 Å². The number of rotatable bonds is 9. The van der Waals surface area contributed by atoms with Gasteiger partial charge in [-0.25, -0.2) is 0 Å². The van der Waals surface area contributed by atoms with Gasteiger partial charge in [-0.1, -0.05) is 0 Å². The average Bonchev–Trinajstić information content (AvgIpc) is 2.13. The van der Waals surface area contributed by atoms with Crippen molar-refractivity contribution in [3.8, 4) is 0 Å². The van der Waals surface area contributed by atoms with E-state index in [1.54, 1.807) is 6.92 Å². The lowest BCUT2D eigenvalue weighted by molar-refractivity contribution is 0.121. The van der Waals surface area contributed by atoms with Crippen LogP contribution >= 0.6 is 0 Å². The van der Waals surface area contributed by atoms with E-state index in [2.05, 4.69) is 24.3 Å². The smallest absolute Gasteiger partial charge is 0.0665 e. The molecule has 15 heavy (non-hydrogen) atoms. The van der Waals surface area contributed by atoms with Crippen molar-refractivity contribution in [3.63, 3.8) is 0 Å². The molecule has 0 bridgehead atoms. The SMILES string of the molecule is CC(O)CCC(O)CNCCCN(C)C. The van der Waals surface area contributed by atoms with Gasteiger partial charge in [-0.3, -0.25) is 0 Å². The van der Waals surface area contributed by atoms with E-state index >= 15 is 0 Å². The van der Waals surface area contributed by atoms with Crippen molar-refractivity contribution < 1.29 is 10.2 Å². The van der Waals surface area contributed by atoms with Crippen LogP contribution in [0.1, 0.15) is 26.2 Å². The average molecular weight is 218 g/mol. The van der Waals surface area contributed by atoms with Crippen LogP contribution in [0.15, 0.2) is 0 Å². The number of aliphatic hydroxyl groups is 2. The van der Waals surface area contributed by atoms with Gasteiger partial charge in [0.05, 0.1) is 12.2 Å². The molecule has 0 heterocycles. The third-order valence-electron chi connectivity index (χ3n) is 2.26. The van der Waals surface area contributed by atoms with Gasteiger partial charge in [0.25, 0.3) is 0 Å². The number of hydrogen-bond donors (Lipinski definition) is 3. The molecule has 3 N–H and O–H groups in total. The Hall–Kier alpha value is -0.160. The minimum atomic E-state index is -0.334. The van der Waals surface area contributed by atoms with Crippen molar-refractivity contribution in [1.29, 1.82) is 0 Å². The molecule has 92 valence electrons. The lowest BCUT2D eigenvalue weighted by atomic mass is 10.1. The highest BCUT2D eigenvalue weighted by Crippen LogP contribution is 1.99. The molecule has 0 saturated carbocycles. The first-order chi connectivity index (χ1) is 7.02. The molecule has 0 aromatic rings. The molecule has 4 heteroatoms. The number of hydrogen-bond acceptors (Lipinski definition) is 4. The Morgan fingerprint density at radius 1 is 1.20 bits per heavy atom. The first kappa shape index (κ1) is 14.8. The van der Waals surface area contributed by atoms with Gasteiger partial charge in [-0.2, -0.15) is 0 Å². The molecule has 0 aliphatic heterocycles. The summed E-state index contributed by atoms with van der Waals surface area (Å²) in [5, 5.41) is 21.8. The first-order valence-electron chi connectivity index (χ1n) is 5.74. The van der Waals surface area contributed by atoms with Gasteiger partial charge >= 0.3 is 0 Å². The van der Waals surface area contributed by atoms with Crippen LogP contribution in [-0.2, 0) is 0 Å². The van der Waals surface area contributed by atoms with Crippen molar-refractivity contribution in [2.75, 3.05) is 33.7 Å². The van der Waals surface area contributed by atoms with Gasteiger partial charge in [0.15, 0.2) is 0 Å². The van der Waals surface area contributed by atoms with Crippen LogP contribution in [0.25, 0.3) is 0 Å². The van der Waals surface area contributed by atoms with Gasteiger partial charge in [-0.15, -0.1) is 0 Å². The van der Waals surface area contributed by atoms with Crippen molar-refractivity contribution in [1.82, 2.24) is 10.2 Å². The largest absolute Gasteiger partial charge is 0.393 e. The maximum absolute atomic E-state index is 9.52. The highest BCUT2D eigenvalue weighted by atomic mass is 16.3. The van der Waals surface area contributed by atoms with Gasteiger partial charge in [0.2, 0.25) is 0 Å². The Morgan fingerprint density at radius 2 is 1.87 bits per heavy atom. The van der Waals surface area contributed by atoms with Crippen LogP contribution in [0.4, 0.5) is 0 Å². The van der Waals surface area contributed by atoms with E-state index in [4.69, 9.17) is 5.11 Å². The van der Waals surface area contributed by atoms with Crippen LogP contribution in [0.2, 0.25) is 0 Å². The molecule has 2 unspecified atom stereocenters. The second kappa shape index (κ2) is 9.09. The number of nitrogens with one attached hydrogen (secondary N) is 1. The molecule has 4 nitrogen and oxygen atoms in total. The zero-order valence-electron chi connectivity index (χ0n) is 10.2. The summed E-state index contributed by atoms with van der Waals surface area (Å²) in [6.45, 7) is 4.37. The number of nitrogens with zero attached hydrogens (tertiary/aromatic N) is 1. The molecule has 0 amide bonds. The summed E-state index contributed by atoms with van der Waals surface area (Å²) in [5.41, 5.74) is 0. The molecule has 0 fully saturated rings. The zero-order chi connectivity index (χ0) is 11.7. The van der Waals surface area contributed by atoms with E-state index in [0.29, 0.717) is 19.4 Å². The molecule has 0 saturated heterocycles. The van der Waals surface area contributed by atoms with Crippen molar-refractivity contribution >= 4 is 0 Å². The fourth-order valence-corrected chi connectivity index (χ4v) is 1.32. The van der Waals surface area contributed by atoms with Gasteiger partial charge < -0.3 is 20.4 Å². The van der Waals surface area contributed by atoms with Crippen LogP contribution in [0.3, 0.4) is 0 Å². The molecule has 0 radical (unpaired) electrons. The van der Waals surface area contributed by atoms with Crippen molar-refractivity contribution in [3.05, 3.63) is 0 Å².